The van der Waals surface area contributed by atoms with Crippen molar-refractivity contribution in [1.29, 1.82) is 0 Å². The van der Waals surface area contributed by atoms with E-state index in [-0.39, 0.29) is 10.9 Å². The van der Waals surface area contributed by atoms with Gasteiger partial charge in [-0.15, -0.1) is 0 Å². The lowest BCUT2D eigenvalue weighted by Crippen LogP contribution is -2.34. The van der Waals surface area contributed by atoms with Crippen LogP contribution >= 0.6 is 12.2 Å². The molecule has 3 N–H and O–H groups in total. The SMILES string of the molecule is COc1cc(OC)cc(C(=O)NC(=S)Nc2ccc(-c3nc4cc(C)cc(C)c4o3)c(O)c2)c1. The molecule has 0 aliphatic rings. The number of amides is 1. The predicted octanol–water partition coefficient (Wildman–Crippen LogP) is 4.96. The Hall–Kier alpha value is -4.11. The van der Waals surface area contributed by atoms with Crippen molar-refractivity contribution in [2.45, 2.75) is 13.8 Å². The number of hydrogen-bond donors (Lipinski definition) is 3. The number of oxazole rings is 1. The first kappa shape index (κ1) is 23.1. The Labute approximate surface area is 201 Å². The Morgan fingerprint density at radius 3 is 2.38 bits per heavy atom. The minimum atomic E-state index is -0.437. The number of carbonyl (C=O) groups excluding carboxylic acids is 1. The molecule has 0 aliphatic carbocycles. The topological polar surface area (TPSA) is 106 Å². The number of benzene rings is 3. The number of nitrogens with zero attached hydrogens (tertiary/aromatic N) is 1. The summed E-state index contributed by atoms with van der Waals surface area (Å²) < 4.78 is 16.3. The van der Waals surface area contributed by atoms with E-state index in [2.05, 4.69) is 15.6 Å². The number of methoxy groups -OCH3 is 2. The maximum Gasteiger partial charge on any atom is 0.257 e. The second kappa shape index (κ2) is 9.40. The third-order valence-corrected chi connectivity index (χ3v) is 5.35. The molecule has 4 rings (SSSR count). The van der Waals surface area contributed by atoms with Crippen LogP contribution in [0.15, 0.2) is 52.9 Å². The van der Waals surface area contributed by atoms with Crippen LogP contribution in [0, 0.1) is 13.8 Å². The van der Waals surface area contributed by atoms with Crippen molar-refractivity contribution in [3.63, 3.8) is 0 Å². The van der Waals surface area contributed by atoms with Gasteiger partial charge in [-0.1, -0.05) is 6.07 Å². The van der Waals surface area contributed by atoms with Crippen LogP contribution in [0.25, 0.3) is 22.6 Å². The van der Waals surface area contributed by atoms with Crippen molar-refractivity contribution in [1.82, 2.24) is 10.3 Å². The molecule has 0 radical (unpaired) electrons. The second-order valence-electron chi connectivity index (χ2n) is 7.69. The largest absolute Gasteiger partial charge is 0.507 e. The van der Waals surface area contributed by atoms with Crippen LogP contribution in [0.1, 0.15) is 21.5 Å². The number of phenols is 1. The first-order valence-electron chi connectivity index (χ1n) is 10.3. The van der Waals surface area contributed by atoms with Crippen molar-refractivity contribution in [3.05, 3.63) is 65.2 Å². The molecule has 0 saturated heterocycles. The molecule has 0 saturated carbocycles. The molecule has 0 fully saturated rings. The normalized spacial score (nSPS) is 10.7. The number of aryl methyl sites for hydroxylation is 2. The molecule has 34 heavy (non-hydrogen) atoms. The molecule has 1 aromatic heterocycles. The van der Waals surface area contributed by atoms with Gasteiger partial charge < -0.3 is 24.3 Å². The summed E-state index contributed by atoms with van der Waals surface area (Å²) in [5.41, 5.74) is 4.71. The lowest BCUT2D eigenvalue weighted by molar-refractivity contribution is 0.0977. The molecule has 1 amide bonds. The molecule has 1 heterocycles. The molecular formula is C25H23N3O5S. The lowest BCUT2D eigenvalue weighted by atomic mass is 10.1. The summed E-state index contributed by atoms with van der Waals surface area (Å²) in [6.45, 7) is 3.94. The number of thiocarbonyl (C=S) groups is 1. The van der Waals surface area contributed by atoms with E-state index in [1.807, 2.05) is 26.0 Å². The maximum atomic E-state index is 12.6. The minimum absolute atomic E-state index is 0.0439. The smallest absolute Gasteiger partial charge is 0.257 e. The fourth-order valence-corrected chi connectivity index (χ4v) is 3.77. The van der Waals surface area contributed by atoms with Crippen molar-refractivity contribution in [3.8, 4) is 28.7 Å². The van der Waals surface area contributed by atoms with E-state index in [0.717, 1.165) is 16.6 Å². The van der Waals surface area contributed by atoms with Gasteiger partial charge >= 0.3 is 0 Å². The minimum Gasteiger partial charge on any atom is -0.507 e. The fourth-order valence-electron chi connectivity index (χ4n) is 3.56. The number of rotatable bonds is 5. The molecule has 9 heteroatoms. The van der Waals surface area contributed by atoms with Crippen LogP contribution in [0.5, 0.6) is 17.2 Å². The summed E-state index contributed by atoms with van der Waals surface area (Å²) in [5, 5.41) is 16.1. The molecular weight excluding hydrogens is 454 g/mol. The van der Waals surface area contributed by atoms with E-state index < -0.39 is 5.91 Å². The van der Waals surface area contributed by atoms with E-state index in [9.17, 15) is 9.90 Å². The van der Waals surface area contributed by atoms with Crippen LogP contribution in [0.3, 0.4) is 0 Å². The molecule has 3 aromatic carbocycles. The van der Waals surface area contributed by atoms with E-state index >= 15 is 0 Å². The third kappa shape index (κ3) is 4.79. The average Bonchev–Trinajstić information content (AvgIpc) is 3.22. The molecule has 174 valence electrons. The van der Waals surface area contributed by atoms with E-state index in [1.165, 1.54) is 20.3 Å². The van der Waals surface area contributed by atoms with Gasteiger partial charge in [-0.05, 0) is 67.5 Å². The van der Waals surface area contributed by atoms with Crippen LogP contribution in [0.2, 0.25) is 0 Å². The zero-order chi connectivity index (χ0) is 24.4. The average molecular weight is 478 g/mol. The quantitative estimate of drug-likeness (QED) is 0.346. The number of phenolic OH excluding ortho intramolecular Hbond substituents is 1. The zero-order valence-corrected chi connectivity index (χ0v) is 19.9. The Morgan fingerprint density at radius 2 is 1.74 bits per heavy atom. The summed E-state index contributed by atoms with van der Waals surface area (Å²) in [7, 11) is 3.00. The van der Waals surface area contributed by atoms with Crippen molar-refractivity contribution < 1.29 is 23.8 Å². The number of carbonyl (C=O) groups is 1. The number of aromatic hydroxyl groups is 1. The fraction of sp³-hybridized carbons (Fsp3) is 0.160. The number of anilines is 1. The highest BCUT2D eigenvalue weighted by atomic mass is 32.1. The molecule has 0 unspecified atom stereocenters. The molecule has 8 nitrogen and oxygen atoms in total. The van der Waals surface area contributed by atoms with Crippen molar-refractivity contribution >= 4 is 40.0 Å². The maximum absolute atomic E-state index is 12.6. The molecule has 0 atom stereocenters. The highest BCUT2D eigenvalue weighted by Crippen LogP contribution is 2.34. The number of hydrogen-bond acceptors (Lipinski definition) is 7. The Kier molecular flexibility index (Phi) is 6.38. The highest BCUT2D eigenvalue weighted by Gasteiger charge is 2.16. The first-order chi connectivity index (χ1) is 16.3. The standard InChI is InChI=1S/C25H23N3O5S/c1-13-7-14(2)22-20(8-13)27-24(33-22)19-6-5-16(11-21(19)29)26-25(34)28-23(30)15-9-17(31-3)12-18(10-15)32-4/h5-12,29H,1-4H3,(H2,26,28,30,34). The van der Waals surface area contributed by atoms with Gasteiger partial charge in [0.2, 0.25) is 5.89 Å². The Bertz CT molecular complexity index is 1390. The zero-order valence-electron chi connectivity index (χ0n) is 19.1. The number of aromatic nitrogens is 1. The summed E-state index contributed by atoms with van der Waals surface area (Å²) in [6.07, 6.45) is 0. The summed E-state index contributed by atoms with van der Waals surface area (Å²) in [5.74, 6) is 0.794. The Morgan fingerprint density at radius 1 is 1.03 bits per heavy atom. The highest BCUT2D eigenvalue weighted by molar-refractivity contribution is 7.80. The summed E-state index contributed by atoms with van der Waals surface area (Å²) in [4.78, 5) is 17.1. The van der Waals surface area contributed by atoms with Crippen molar-refractivity contribution in [2.24, 2.45) is 0 Å². The van der Waals surface area contributed by atoms with E-state index in [4.69, 9.17) is 26.1 Å². The van der Waals surface area contributed by atoms with Crippen LogP contribution in [0.4, 0.5) is 5.69 Å². The van der Waals surface area contributed by atoms with Gasteiger partial charge in [-0.25, -0.2) is 4.98 Å². The van der Waals surface area contributed by atoms with Crippen LogP contribution in [-0.4, -0.2) is 35.3 Å². The first-order valence-corrected chi connectivity index (χ1v) is 10.7. The molecule has 0 bridgehead atoms. The van der Waals surface area contributed by atoms with E-state index in [0.29, 0.717) is 39.8 Å². The van der Waals surface area contributed by atoms with Gasteiger partial charge in [0.05, 0.1) is 19.8 Å². The van der Waals surface area contributed by atoms with Crippen LogP contribution in [-0.2, 0) is 0 Å². The lowest BCUT2D eigenvalue weighted by Gasteiger charge is -2.12. The van der Waals surface area contributed by atoms with Gasteiger partial charge in [0.15, 0.2) is 10.7 Å². The number of nitrogens with one attached hydrogen (secondary N) is 2. The van der Waals surface area contributed by atoms with Gasteiger partial charge in [0.1, 0.15) is 22.8 Å². The van der Waals surface area contributed by atoms with Gasteiger partial charge in [0, 0.05) is 23.4 Å². The molecule has 4 aromatic rings. The van der Waals surface area contributed by atoms with Crippen molar-refractivity contribution in [2.75, 3.05) is 19.5 Å². The number of fused-ring (bicyclic) bond motifs is 1. The Balaban J connectivity index is 1.49. The van der Waals surface area contributed by atoms with Gasteiger partial charge in [-0.2, -0.15) is 0 Å². The van der Waals surface area contributed by atoms with E-state index in [1.54, 1.807) is 30.3 Å². The monoisotopic (exact) mass is 477 g/mol. The van der Waals surface area contributed by atoms with Crippen LogP contribution < -0.4 is 20.1 Å². The number of ether oxygens (including phenoxy) is 2. The van der Waals surface area contributed by atoms with Gasteiger partial charge in [-0.3, -0.25) is 10.1 Å². The third-order valence-electron chi connectivity index (χ3n) is 5.15. The summed E-state index contributed by atoms with van der Waals surface area (Å²) in [6, 6.07) is 13.6. The second-order valence-corrected chi connectivity index (χ2v) is 8.10. The molecule has 0 spiro atoms. The summed E-state index contributed by atoms with van der Waals surface area (Å²) >= 11 is 5.26. The van der Waals surface area contributed by atoms with Gasteiger partial charge in [0.25, 0.3) is 5.91 Å². The predicted molar refractivity (Wildman–Crippen MR) is 134 cm³/mol. The molecule has 0 aliphatic heterocycles.